The number of anilines is 1. The molecule has 2 aromatic rings. The summed E-state index contributed by atoms with van der Waals surface area (Å²) >= 11 is 1.36. The molecular formula is C20H24FN3O3S. The molecule has 1 N–H and O–H groups in total. The maximum Gasteiger partial charge on any atom is 0.240 e. The number of benzene rings is 1. The Kier molecular flexibility index (Phi) is 5.73. The van der Waals surface area contributed by atoms with Crippen LogP contribution in [0.5, 0.6) is 0 Å². The second kappa shape index (κ2) is 8.24. The summed E-state index contributed by atoms with van der Waals surface area (Å²) in [6, 6.07) is 6.15. The zero-order valence-electron chi connectivity index (χ0n) is 15.8. The molecule has 2 aliphatic heterocycles. The second-order valence-corrected chi connectivity index (χ2v) is 8.18. The number of ether oxygens (including phenoxy) is 2. The van der Waals surface area contributed by atoms with Crippen molar-refractivity contribution in [1.82, 2.24) is 9.88 Å². The maximum atomic E-state index is 13.1. The van der Waals surface area contributed by atoms with E-state index in [1.807, 2.05) is 5.38 Å². The van der Waals surface area contributed by atoms with Gasteiger partial charge in [-0.3, -0.25) is 9.69 Å². The molecule has 2 atom stereocenters. The van der Waals surface area contributed by atoms with Gasteiger partial charge in [-0.2, -0.15) is 0 Å². The predicted octanol–water partition coefficient (Wildman–Crippen LogP) is 3.16. The van der Waals surface area contributed by atoms with E-state index in [0.29, 0.717) is 18.2 Å². The Morgan fingerprint density at radius 2 is 2.25 bits per heavy atom. The van der Waals surface area contributed by atoms with Crippen LogP contribution in [0.25, 0.3) is 11.3 Å². The number of piperidine rings is 1. The standard InChI is InChI=1S/C20H24FN3O3S/c1-26-17-11-24(9-8-20(17)7-2-10-27-20)12-18(25)23-19-22-16(13-28-19)14-3-5-15(21)6-4-14/h3-6,13,17H,2,7-12H2,1H3,(H,22,23,25)/t17-,20-/m0/s1. The normalized spacial score (nSPS) is 25.3. The van der Waals surface area contributed by atoms with Crippen LogP contribution in [0.15, 0.2) is 29.6 Å². The van der Waals surface area contributed by atoms with Gasteiger partial charge in [-0.05, 0) is 43.5 Å². The largest absolute Gasteiger partial charge is 0.377 e. The van der Waals surface area contributed by atoms with Gasteiger partial charge >= 0.3 is 0 Å². The lowest BCUT2D eigenvalue weighted by Crippen LogP contribution is -2.57. The van der Waals surface area contributed by atoms with Crippen molar-refractivity contribution < 1.29 is 18.7 Å². The van der Waals surface area contributed by atoms with E-state index in [0.717, 1.165) is 43.7 Å². The fourth-order valence-electron chi connectivity index (χ4n) is 4.05. The van der Waals surface area contributed by atoms with Gasteiger partial charge in [0.25, 0.3) is 0 Å². The lowest BCUT2D eigenvalue weighted by molar-refractivity contribution is -0.145. The van der Waals surface area contributed by atoms with E-state index in [4.69, 9.17) is 9.47 Å². The highest BCUT2D eigenvalue weighted by Gasteiger charge is 2.46. The number of aromatic nitrogens is 1. The number of carbonyl (C=O) groups is 1. The monoisotopic (exact) mass is 405 g/mol. The van der Waals surface area contributed by atoms with Gasteiger partial charge in [0.1, 0.15) is 5.82 Å². The summed E-state index contributed by atoms with van der Waals surface area (Å²) in [6.07, 6.45) is 2.96. The highest BCUT2D eigenvalue weighted by molar-refractivity contribution is 7.14. The summed E-state index contributed by atoms with van der Waals surface area (Å²) in [5.74, 6) is -0.383. The zero-order chi connectivity index (χ0) is 19.6. The number of halogens is 1. The molecule has 1 amide bonds. The third-order valence-electron chi connectivity index (χ3n) is 5.54. The lowest BCUT2D eigenvalue weighted by Gasteiger charge is -2.44. The van der Waals surface area contributed by atoms with Gasteiger partial charge < -0.3 is 14.8 Å². The second-order valence-electron chi connectivity index (χ2n) is 7.32. The number of amides is 1. The molecule has 1 spiro atoms. The topological polar surface area (TPSA) is 63.7 Å². The van der Waals surface area contributed by atoms with Crippen LogP contribution in [0.2, 0.25) is 0 Å². The molecule has 2 fully saturated rings. The van der Waals surface area contributed by atoms with Crippen LogP contribution < -0.4 is 5.32 Å². The van der Waals surface area contributed by atoms with Crippen molar-refractivity contribution in [2.45, 2.75) is 31.0 Å². The fourth-order valence-corrected chi connectivity index (χ4v) is 4.79. The number of methoxy groups -OCH3 is 1. The molecule has 0 radical (unpaired) electrons. The van der Waals surface area contributed by atoms with Crippen molar-refractivity contribution in [2.24, 2.45) is 0 Å². The van der Waals surface area contributed by atoms with Crippen molar-refractivity contribution >= 4 is 22.4 Å². The fraction of sp³-hybridized carbons (Fsp3) is 0.500. The molecule has 3 heterocycles. The SMILES string of the molecule is CO[C@H]1CN(CC(=O)Nc2nc(-c3ccc(F)cc3)cs2)CC[C@@]12CCCO2. The molecule has 150 valence electrons. The first-order valence-corrected chi connectivity index (χ1v) is 10.4. The highest BCUT2D eigenvalue weighted by Crippen LogP contribution is 2.37. The van der Waals surface area contributed by atoms with Gasteiger partial charge in [0.15, 0.2) is 5.13 Å². The van der Waals surface area contributed by atoms with Crippen LogP contribution in [-0.4, -0.2) is 60.8 Å². The zero-order valence-corrected chi connectivity index (χ0v) is 16.6. The minimum Gasteiger partial charge on any atom is -0.377 e. The van der Waals surface area contributed by atoms with E-state index in [1.54, 1.807) is 19.2 Å². The van der Waals surface area contributed by atoms with Crippen LogP contribution in [0.3, 0.4) is 0 Å². The van der Waals surface area contributed by atoms with Gasteiger partial charge in [0, 0.05) is 37.7 Å². The Labute approximate surface area is 167 Å². The Balaban J connectivity index is 1.33. The summed E-state index contributed by atoms with van der Waals surface area (Å²) < 4.78 is 24.7. The van der Waals surface area contributed by atoms with Crippen molar-refractivity contribution in [1.29, 1.82) is 0 Å². The number of thiazole rings is 1. The van der Waals surface area contributed by atoms with Crippen LogP contribution >= 0.6 is 11.3 Å². The van der Waals surface area contributed by atoms with Crippen LogP contribution in [0.4, 0.5) is 9.52 Å². The first-order valence-electron chi connectivity index (χ1n) is 9.48. The van der Waals surface area contributed by atoms with Crippen molar-refractivity contribution in [3.63, 3.8) is 0 Å². The molecule has 0 saturated carbocycles. The third kappa shape index (κ3) is 4.10. The first-order chi connectivity index (χ1) is 13.6. The van der Waals surface area contributed by atoms with Crippen LogP contribution in [0, 0.1) is 5.82 Å². The number of likely N-dealkylation sites (tertiary alicyclic amines) is 1. The number of carbonyl (C=O) groups excluding carboxylic acids is 1. The van der Waals surface area contributed by atoms with E-state index in [-0.39, 0.29) is 23.4 Å². The molecule has 1 aromatic heterocycles. The summed E-state index contributed by atoms with van der Waals surface area (Å²) in [5, 5.41) is 5.26. The number of nitrogens with one attached hydrogen (secondary N) is 1. The average Bonchev–Trinajstić information content (AvgIpc) is 3.34. The lowest BCUT2D eigenvalue weighted by atomic mass is 9.86. The Bertz CT molecular complexity index is 820. The highest BCUT2D eigenvalue weighted by atomic mass is 32.1. The van der Waals surface area contributed by atoms with E-state index >= 15 is 0 Å². The molecular weight excluding hydrogens is 381 g/mol. The first kappa shape index (κ1) is 19.4. The van der Waals surface area contributed by atoms with Gasteiger partial charge in [-0.25, -0.2) is 9.37 Å². The molecule has 28 heavy (non-hydrogen) atoms. The molecule has 2 aliphatic rings. The maximum absolute atomic E-state index is 13.1. The Morgan fingerprint density at radius 1 is 1.43 bits per heavy atom. The minimum absolute atomic E-state index is 0.0125. The summed E-state index contributed by atoms with van der Waals surface area (Å²) in [7, 11) is 1.71. The quantitative estimate of drug-likeness (QED) is 0.828. The molecule has 0 bridgehead atoms. The van der Waals surface area contributed by atoms with Crippen LogP contribution in [0.1, 0.15) is 19.3 Å². The molecule has 6 nitrogen and oxygen atoms in total. The van der Waals surface area contributed by atoms with Crippen molar-refractivity contribution in [2.75, 3.05) is 38.7 Å². The van der Waals surface area contributed by atoms with E-state index < -0.39 is 0 Å². The van der Waals surface area contributed by atoms with Crippen molar-refractivity contribution in [3.05, 3.63) is 35.5 Å². The molecule has 0 unspecified atom stereocenters. The minimum atomic E-state index is -0.284. The average molecular weight is 405 g/mol. The molecule has 8 heteroatoms. The molecule has 2 saturated heterocycles. The smallest absolute Gasteiger partial charge is 0.240 e. The molecule has 4 rings (SSSR count). The van der Waals surface area contributed by atoms with E-state index in [1.165, 1.54) is 23.5 Å². The molecule has 1 aromatic carbocycles. The summed E-state index contributed by atoms with van der Waals surface area (Å²) in [5.41, 5.74) is 1.36. The third-order valence-corrected chi connectivity index (χ3v) is 6.30. The number of hydrogen-bond donors (Lipinski definition) is 1. The summed E-state index contributed by atoms with van der Waals surface area (Å²) in [4.78, 5) is 19.0. The molecule has 0 aliphatic carbocycles. The van der Waals surface area contributed by atoms with E-state index in [9.17, 15) is 9.18 Å². The Morgan fingerprint density at radius 3 is 2.96 bits per heavy atom. The van der Waals surface area contributed by atoms with Crippen molar-refractivity contribution in [3.8, 4) is 11.3 Å². The van der Waals surface area contributed by atoms with Gasteiger partial charge in [-0.1, -0.05) is 0 Å². The van der Waals surface area contributed by atoms with Crippen LogP contribution in [-0.2, 0) is 14.3 Å². The number of hydrogen-bond acceptors (Lipinski definition) is 6. The number of rotatable bonds is 5. The van der Waals surface area contributed by atoms with Gasteiger partial charge in [0.05, 0.1) is 23.9 Å². The summed E-state index contributed by atoms with van der Waals surface area (Å²) in [6.45, 7) is 2.58. The van der Waals surface area contributed by atoms with Gasteiger partial charge in [0.2, 0.25) is 5.91 Å². The predicted molar refractivity (Wildman–Crippen MR) is 106 cm³/mol. The van der Waals surface area contributed by atoms with E-state index in [2.05, 4.69) is 15.2 Å². The number of nitrogens with zero attached hydrogens (tertiary/aromatic N) is 2. The Hall–Kier alpha value is -1.87. The van der Waals surface area contributed by atoms with Gasteiger partial charge in [-0.15, -0.1) is 11.3 Å².